The van der Waals surface area contributed by atoms with Crippen LogP contribution in [0, 0.1) is 25.7 Å². The van der Waals surface area contributed by atoms with Crippen molar-refractivity contribution in [1.82, 2.24) is 10.2 Å². The minimum Gasteiger partial charge on any atom is -0.338 e. The van der Waals surface area contributed by atoms with Crippen LogP contribution in [0.2, 0.25) is 0 Å². The number of hydrogen-bond acceptors (Lipinski definition) is 2. The van der Waals surface area contributed by atoms with Crippen molar-refractivity contribution in [1.29, 1.82) is 0 Å². The Labute approximate surface area is 108 Å². The van der Waals surface area contributed by atoms with Crippen LogP contribution in [0.3, 0.4) is 0 Å². The van der Waals surface area contributed by atoms with E-state index in [1.807, 2.05) is 24.0 Å². The van der Waals surface area contributed by atoms with Gasteiger partial charge in [-0.3, -0.25) is 4.79 Å². The summed E-state index contributed by atoms with van der Waals surface area (Å²) in [6.45, 7) is 8.09. The normalized spacial score (nSPS) is 26.4. The molecule has 0 aromatic heterocycles. The number of rotatable bonds is 1. The lowest BCUT2D eigenvalue weighted by Crippen LogP contribution is -2.32. The third-order valence-electron chi connectivity index (χ3n) is 4.51. The highest BCUT2D eigenvalue weighted by atomic mass is 16.2. The van der Waals surface area contributed by atoms with Crippen molar-refractivity contribution in [2.75, 3.05) is 26.2 Å². The van der Waals surface area contributed by atoms with E-state index in [0.717, 1.165) is 37.3 Å². The van der Waals surface area contributed by atoms with Crippen LogP contribution in [0.5, 0.6) is 0 Å². The third kappa shape index (κ3) is 1.83. The lowest BCUT2D eigenvalue weighted by Gasteiger charge is -2.19. The molecule has 0 radical (unpaired) electrons. The number of fused-ring (bicyclic) bond motifs is 1. The minimum absolute atomic E-state index is 0.214. The molecule has 2 unspecified atom stereocenters. The molecule has 2 aliphatic rings. The maximum Gasteiger partial charge on any atom is 0.254 e. The van der Waals surface area contributed by atoms with Gasteiger partial charge in [0.25, 0.3) is 5.91 Å². The second-order valence-electron chi connectivity index (χ2n) is 5.64. The number of carbonyl (C=O) groups is 1. The Bertz CT molecular complexity index is 471. The molecule has 2 heterocycles. The summed E-state index contributed by atoms with van der Waals surface area (Å²) in [5.74, 6) is 1.55. The molecule has 2 aliphatic heterocycles. The Morgan fingerprint density at radius 2 is 1.89 bits per heavy atom. The average molecular weight is 244 g/mol. The second-order valence-corrected chi connectivity index (χ2v) is 5.64. The van der Waals surface area contributed by atoms with Gasteiger partial charge >= 0.3 is 0 Å². The first-order valence-corrected chi connectivity index (χ1v) is 6.73. The quantitative estimate of drug-likeness (QED) is 0.813. The molecule has 3 rings (SSSR count). The van der Waals surface area contributed by atoms with E-state index in [2.05, 4.69) is 18.3 Å². The standard InChI is InChI=1S/C15H20N2O/c1-10-4-3-5-14(11(10)2)15(18)17-8-12-6-16-7-13(12)9-17/h3-5,12-13,16H,6-9H2,1-2H3. The molecule has 0 aliphatic carbocycles. The highest BCUT2D eigenvalue weighted by Gasteiger charge is 2.38. The van der Waals surface area contributed by atoms with E-state index in [1.54, 1.807) is 0 Å². The van der Waals surface area contributed by atoms with E-state index in [4.69, 9.17) is 0 Å². The van der Waals surface area contributed by atoms with Crippen molar-refractivity contribution < 1.29 is 4.79 Å². The number of aryl methyl sites for hydroxylation is 1. The molecule has 1 amide bonds. The summed E-state index contributed by atoms with van der Waals surface area (Å²) in [7, 11) is 0. The van der Waals surface area contributed by atoms with Crippen LogP contribution in [0.25, 0.3) is 0 Å². The summed E-state index contributed by atoms with van der Waals surface area (Å²) >= 11 is 0. The third-order valence-corrected chi connectivity index (χ3v) is 4.51. The lowest BCUT2D eigenvalue weighted by molar-refractivity contribution is 0.0781. The molecule has 3 nitrogen and oxygen atoms in total. The van der Waals surface area contributed by atoms with Gasteiger partial charge < -0.3 is 10.2 Å². The number of nitrogens with zero attached hydrogens (tertiary/aromatic N) is 1. The van der Waals surface area contributed by atoms with Crippen LogP contribution in [-0.2, 0) is 0 Å². The van der Waals surface area contributed by atoms with Crippen LogP contribution >= 0.6 is 0 Å². The average Bonchev–Trinajstić information content (AvgIpc) is 2.92. The molecular formula is C15H20N2O. The monoisotopic (exact) mass is 244 g/mol. The van der Waals surface area contributed by atoms with Crippen LogP contribution in [0.1, 0.15) is 21.5 Å². The van der Waals surface area contributed by atoms with Crippen molar-refractivity contribution in [3.63, 3.8) is 0 Å². The summed E-state index contributed by atoms with van der Waals surface area (Å²) in [5, 5.41) is 3.41. The zero-order chi connectivity index (χ0) is 12.7. The summed E-state index contributed by atoms with van der Waals surface area (Å²) < 4.78 is 0. The fourth-order valence-electron chi connectivity index (χ4n) is 3.17. The Hall–Kier alpha value is -1.35. The van der Waals surface area contributed by atoms with Gasteiger partial charge in [0.2, 0.25) is 0 Å². The fourth-order valence-corrected chi connectivity index (χ4v) is 3.17. The predicted octanol–water partition coefficient (Wildman–Crippen LogP) is 1.59. The molecule has 18 heavy (non-hydrogen) atoms. The highest BCUT2D eigenvalue weighted by molar-refractivity contribution is 5.96. The fraction of sp³-hybridized carbons (Fsp3) is 0.533. The molecule has 96 valence electrons. The zero-order valence-corrected chi connectivity index (χ0v) is 11.1. The number of benzene rings is 1. The van der Waals surface area contributed by atoms with Crippen molar-refractivity contribution in [2.24, 2.45) is 11.8 Å². The summed E-state index contributed by atoms with van der Waals surface area (Å²) in [4.78, 5) is 14.6. The Morgan fingerprint density at radius 3 is 2.56 bits per heavy atom. The van der Waals surface area contributed by atoms with E-state index < -0.39 is 0 Å². The van der Waals surface area contributed by atoms with E-state index >= 15 is 0 Å². The Balaban J connectivity index is 1.81. The maximum atomic E-state index is 12.6. The molecule has 0 bridgehead atoms. The molecule has 0 saturated carbocycles. The van der Waals surface area contributed by atoms with Crippen LogP contribution in [0.15, 0.2) is 18.2 Å². The number of hydrogen-bond donors (Lipinski definition) is 1. The summed E-state index contributed by atoms with van der Waals surface area (Å²) in [5.41, 5.74) is 3.20. The van der Waals surface area contributed by atoms with Gasteiger partial charge in [0.15, 0.2) is 0 Å². The molecule has 3 heteroatoms. The van der Waals surface area contributed by atoms with Crippen LogP contribution < -0.4 is 5.32 Å². The SMILES string of the molecule is Cc1cccc(C(=O)N2CC3CNCC3C2)c1C. The van der Waals surface area contributed by atoms with Crippen molar-refractivity contribution in [2.45, 2.75) is 13.8 Å². The summed E-state index contributed by atoms with van der Waals surface area (Å²) in [6.07, 6.45) is 0. The number of likely N-dealkylation sites (tertiary alicyclic amines) is 1. The van der Waals surface area contributed by atoms with E-state index in [9.17, 15) is 4.79 Å². The van der Waals surface area contributed by atoms with Crippen molar-refractivity contribution >= 4 is 5.91 Å². The molecule has 0 spiro atoms. The topological polar surface area (TPSA) is 32.3 Å². The second kappa shape index (κ2) is 4.39. The summed E-state index contributed by atoms with van der Waals surface area (Å²) in [6, 6.07) is 6.00. The first-order valence-electron chi connectivity index (χ1n) is 6.73. The molecule has 1 aromatic rings. The van der Waals surface area contributed by atoms with E-state index in [-0.39, 0.29) is 5.91 Å². The lowest BCUT2D eigenvalue weighted by atomic mass is 10.0. The van der Waals surface area contributed by atoms with Gasteiger partial charge in [-0.15, -0.1) is 0 Å². The molecule has 1 aromatic carbocycles. The minimum atomic E-state index is 0.214. The molecule has 2 fully saturated rings. The smallest absolute Gasteiger partial charge is 0.254 e. The maximum absolute atomic E-state index is 12.6. The molecule has 2 saturated heterocycles. The number of amides is 1. The highest BCUT2D eigenvalue weighted by Crippen LogP contribution is 2.28. The van der Waals surface area contributed by atoms with Crippen molar-refractivity contribution in [3.05, 3.63) is 34.9 Å². The van der Waals surface area contributed by atoms with Gasteiger partial charge in [0, 0.05) is 31.7 Å². The van der Waals surface area contributed by atoms with Gasteiger partial charge in [-0.2, -0.15) is 0 Å². The number of nitrogens with one attached hydrogen (secondary N) is 1. The molecular weight excluding hydrogens is 224 g/mol. The van der Waals surface area contributed by atoms with Gasteiger partial charge in [0.05, 0.1) is 0 Å². The van der Waals surface area contributed by atoms with Crippen LogP contribution in [-0.4, -0.2) is 37.0 Å². The zero-order valence-electron chi connectivity index (χ0n) is 11.1. The van der Waals surface area contributed by atoms with Crippen molar-refractivity contribution in [3.8, 4) is 0 Å². The van der Waals surface area contributed by atoms with E-state index in [0.29, 0.717) is 11.8 Å². The van der Waals surface area contributed by atoms with E-state index in [1.165, 1.54) is 5.56 Å². The first-order chi connectivity index (χ1) is 8.66. The number of carbonyl (C=O) groups excluding carboxylic acids is 1. The van der Waals surface area contributed by atoms with Gasteiger partial charge in [-0.1, -0.05) is 12.1 Å². The predicted molar refractivity (Wildman–Crippen MR) is 71.7 cm³/mol. The largest absolute Gasteiger partial charge is 0.338 e. The first kappa shape index (κ1) is 11.7. The Morgan fingerprint density at radius 1 is 1.22 bits per heavy atom. The van der Waals surface area contributed by atoms with Gasteiger partial charge in [-0.05, 0) is 42.9 Å². The van der Waals surface area contributed by atoms with Gasteiger partial charge in [-0.25, -0.2) is 0 Å². The molecule has 1 N–H and O–H groups in total. The Kier molecular flexibility index (Phi) is 2.86. The van der Waals surface area contributed by atoms with Crippen LogP contribution in [0.4, 0.5) is 0 Å². The molecule has 2 atom stereocenters. The van der Waals surface area contributed by atoms with Gasteiger partial charge in [0.1, 0.15) is 0 Å².